The molecule has 0 aromatic carbocycles. The molecule has 2 heteroatoms. The van der Waals surface area contributed by atoms with Crippen LogP contribution in [0.4, 0.5) is 0 Å². The van der Waals surface area contributed by atoms with Crippen LogP contribution in [0.1, 0.15) is 25.7 Å². The Balaban J connectivity index is 3.29. The fourth-order valence-corrected chi connectivity index (χ4v) is 0.861. The molecule has 0 radical (unpaired) electrons. The van der Waals surface area contributed by atoms with E-state index in [-0.39, 0.29) is 0 Å². The average Bonchev–Trinajstić information content (AvgIpc) is 2.01. The zero-order valence-electron chi connectivity index (χ0n) is 7.97. The molecule has 0 saturated carbocycles. The highest BCUT2D eigenvalue weighted by Gasteiger charge is 2.01. The molecule has 0 atom stereocenters. The molecule has 0 aromatic rings. The average molecular weight is 167 g/mol. The van der Waals surface area contributed by atoms with Gasteiger partial charge in [-0.15, -0.1) is 12.3 Å². The van der Waals surface area contributed by atoms with Gasteiger partial charge in [0.1, 0.15) is 5.78 Å². The zero-order chi connectivity index (χ0) is 9.40. The van der Waals surface area contributed by atoms with Gasteiger partial charge in [-0.3, -0.25) is 4.79 Å². The number of carbonyl (C=O) groups excluding carboxylic acids is 1. The van der Waals surface area contributed by atoms with E-state index < -0.39 is 0 Å². The Bertz CT molecular complexity index is 167. The van der Waals surface area contributed by atoms with Crippen LogP contribution in [0.15, 0.2) is 0 Å². The third kappa shape index (κ3) is 7.30. The highest BCUT2D eigenvalue weighted by atomic mass is 16.1. The second kappa shape index (κ2) is 6.87. The molecule has 0 heterocycles. The summed E-state index contributed by atoms with van der Waals surface area (Å²) in [4.78, 5) is 13.1. The summed E-state index contributed by atoms with van der Waals surface area (Å²) in [7, 11) is 3.93. The van der Waals surface area contributed by atoms with Crippen LogP contribution in [-0.2, 0) is 4.79 Å². The van der Waals surface area contributed by atoms with E-state index in [2.05, 4.69) is 5.92 Å². The van der Waals surface area contributed by atoms with E-state index >= 15 is 0 Å². The molecular weight excluding hydrogens is 150 g/mol. The SMILES string of the molecule is C#CCCCC(=O)CCN(C)C. The normalized spacial score (nSPS) is 9.83. The lowest BCUT2D eigenvalue weighted by atomic mass is 10.1. The minimum Gasteiger partial charge on any atom is -0.309 e. The molecule has 0 saturated heterocycles. The number of hydrogen-bond donors (Lipinski definition) is 0. The van der Waals surface area contributed by atoms with Crippen molar-refractivity contribution in [2.24, 2.45) is 0 Å². The van der Waals surface area contributed by atoms with Gasteiger partial charge in [0.15, 0.2) is 0 Å². The van der Waals surface area contributed by atoms with Crippen molar-refractivity contribution in [2.45, 2.75) is 25.7 Å². The van der Waals surface area contributed by atoms with Gasteiger partial charge in [-0.05, 0) is 20.5 Å². The van der Waals surface area contributed by atoms with Gasteiger partial charge in [0, 0.05) is 25.8 Å². The lowest BCUT2D eigenvalue weighted by molar-refractivity contribution is -0.119. The Morgan fingerprint density at radius 2 is 2.08 bits per heavy atom. The van der Waals surface area contributed by atoms with Crippen molar-refractivity contribution in [1.29, 1.82) is 0 Å². The van der Waals surface area contributed by atoms with Crippen molar-refractivity contribution in [3.63, 3.8) is 0 Å². The first-order valence-corrected chi connectivity index (χ1v) is 4.26. The summed E-state index contributed by atoms with van der Waals surface area (Å²) in [5.74, 6) is 2.84. The molecule has 0 aliphatic carbocycles. The van der Waals surface area contributed by atoms with Crippen LogP contribution in [0.5, 0.6) is 0 Å². The molecular formula is C10H17NO. The summed E-state index contributed by atoms with van der Waals surface area (Å²) < 4.78 is 0. The molecule has 0 fully saturated rings. The summed E-state index contributed by atoms with van der Waals surface area (Å²) in [5.41, 5.74) is 0. The van der Waals surface area contributed by atoms with E-state index in [0.29, 0.717) is 25.0 Å². The van der Waals surface area contributed by atoms with Crippen molar-refractivity contribution < 1.29 is 4.79 Å². The van der Waals surface area contributed by atoms with E-state index in [4.69, 9.17) is 6.42 Å². The smallest absolute Gasteiger partial charge is 0.134 e. The van der Waals surface area contributed by atoms with Crippen LogP contribution in [0.2, 0.25) is 0 Å². The van der Waals surface area contributed by atoms with Crippen LogP contribution >= 0.6 is 0 Å². The zero-order valence-corrected chi connectivity index (χ0v) is 7.97. The monoisotopic (exact) mass is 167 g/mol. The van der Waals surface area contributed by atoms with Crippen molar-refractivity contribution in [3.05, 3.63) is 0 Å². The molecule has 0 unspecified atom stereocenters. The summed E-state index contributed by atoms with van der Waals surface area (Å²) >= 11 is 0. The lowest BCUT2D eigenvalue weighted by Gasteiger charge is -2.07. The topological polar surface area (TPSA) is 20.3 Å². The summed E-state index contributed by atoms with van der Waals surface area (Å²) in [5, 5.41) is 0. The molecule has 0 aliphatic rings. The van der Waals surface area contributed by atoms with E-state index in [1.807, 2.05) is 19.0 Å². The third-order valence-corrected chi connectivity index (χ3v) is 1.61. The number of Topliss-reactive ketones (excluding diaryl/α,β-unsaturated/α-hetero) is 1. The van der Waals surface area contributed by atoms with Gasteiger partial charge in [-0.25, -0.2) is 0 Å². The van der Waals surface area contributed by atoms with Gasteiger partial charge < -0.3 is 4.90 Å². The first-order chi connectivity index (χ1) is 5.66. The minimum absolute atomic E-state index is 0.318. The number of ketones is 1. The number of carbonyl (C=O) groups is 1. The van der Waals surface area contributed by atoms with Crippen LogP contribution in [-0.4, -0.2) is 31.3 Å². The molecule has 0 bridgehead atoms. The predicted molar refractivity (Wildman–Crippen MR) is 50.9 cm³/mol. The Kier molecular flexibility index (Phi) is 6.41. The van der Waals surface area contributed by atoms with E-state index in [9.17, 15) is 4.79 Å². The van der Waals surface area contributed by atoms with Crippen molar-refractivity contribution >= 4 is 5.78 Å². The molecule has 2 nitrogen and oxygen atoms in total. The van der Waals surface area contributed by atoms with Crippen LogP contribution < -0.4 is 0 Å². The van der Waals surface area contributed by atoms with Crippen molar-refractivity contribution in [1.82, 2.24) is 4.90 Å². The Morgan fingerprint density at radius 3 is 2.58 bits per heavy atom. The van der Waals surface area contributed by atoms with Crippen LogP contribution in [0.3, 0.4) is 0 Å². The maximum absolute atomic E-state index is 11.1. The molecule has 0 N–H and O–H groups in total. The number of terminal acetylenes is 1. The summed E-state index contributed by atoms with van der Waals surface area (Å²) in [6.45, 7) is 0.842. The maximum Gasteiger partial charge on any atom is 0.134 e. The number of nitrogens with zero attached hydrogens (tertiary/aromatic N) is 1. The molecule has 68 valence electrons. The number of hydrogen-bond acceptors (Lipinski definition) is 2. The van der Waals surface area contributed by atoms with Gasteiger partial charge >= 0.3 is 0 Å². The summed E-state index contributed by atoms with van der Waals surface area (Å²) in [6, 6.07) is 0. The summed E-state index contributed by atoms with van der Waals surface area (Å²) in [6.07, 6.45) is 7.91. The van der Waals surface area contributed by atoms with E-state index in [1.54, 1.807) is 0 Å². The van der Waals surface area contributed by atoms with Gasteiger partial charge in [0.25, 0.3) is 0 Å². The number of rotatable bonds is 6. The molecule has 12 heavy (non-hydrogen) atoms. The second-order valence-corrected chi connectivity index (χ2v) is 3.15. The van der Waals surface area contributed by atoms with Gasteiger partial charge in [0.2, 0.25) is 0 Å². The standard InChI is InChI=1S/C10H17NO/c1-4-5-6-7-10(12)8-9-11(2)3/h1H,5-9H2,2-3H3. The molecule has 0 rings (SSSR count). The third-order valence-electron chi connectivity index (χ3n) is 1.61. The maximum atomic E-state index is 11.1. The first-order valence-electron chi connectivity index (χ1n) is 4.26. The van der Waals surface area contributed by atoms with E-state index in [0.717, 1.165) is 13.0 Å². The Labute approximate surface area is 74.9 Å². The Morgan fingerprint density at radius 1 is 1.42 bits per heavy atom. The quantitative estimate of drug-likeness (QED) is 0.439. The fourth-order valence-electron chi connectivity index (χ4n) is 0.861. The van der Waals surface area contributed by atoms with Crippen molar-refractivity contribution in [3.8, 4) is 12.3 Å². The predicted octanol–water partition coefficient (Wildman–Crippen LogP) is 1.31. The van der Waals surface area contributed by atoms with Crippen LogP contribution in [0.25, 0.3) is 0 Å². The highest BCUT2D eigenvalue weighted by Crippen LogP contribution is 1.98. The van der Waals surface area contributed by atoms with Crippen molar-refractivity contribution in [2.75, 3.05) is 20.6 Å². The van der Waals surface area contributed by atoms with Gasteiger partial charge in [-0.2, -0.15) is 0 Å². The molecule has 0 amide bonds. The largest absolute Gasteiger partial charge is 0.309 e. The highest BCUT2D eigenvalue weighted by molar-refractivity contribution is 5.78. The lowest BCUT2D eigenvalue weighted by Crippen LogP contribution is -2.16. The Hall–Kier alpha value is -0.810. The second-order valence-electron chi connectivity index (χ2n) is 3.15. The molecule has 0 aromatic heterocycles. The fraction of sp³-hybridized carbons (Fsp3) is 0.700. The molecule has 0 aliphatic heterocycles. The first kappa shape index (κ1) is 11.2. The van der Waals surface area contributed by atoms with Gasteiger partial charge in [0.05, 0.1) is 0 Å². The van der Waals surface area contributed by atoms with Gasteiger partial charge in [-0.1, -0.05) is 0 Å². The molecule has 0 spiro atoms. The van der Waals surface area contributed by atoms with Crippen LogP contribution in [0, 0.1) is 12.3 Å². The minimum atomic E-state index is 0.318. The number of unbranched alkanes of at least 4 members (excludes halogenated alkanes) is 1. The van der Waals surface area contributed by atoms with E-state index in [1.165, 1.54) is 0 Å².